The second-order valence-electron chi connectivity index (χ2n) is 7.44. The van der Waals surface area contributed by atoms with E-state index in [9.17, 15) is 14.4 Å². The molecule has 1 aliphatic heterocycles. The molecule has 27 heavy (non-hydrogen) atoms. The standard InChI is InChI=1S/C19H28N4O3S/c1-14-5-2-3-6-15(14)20-19(26)21-17(24)13-22-8-10-23(11-9-22)18(25)16-7-4-12-27-16/h4,7,12,14-15H,2-3,5-6,8-11,13H2,1H3,(H2,20,21,24,26)/t14-,15+/m0/s1. The van der Waals surface area contributed by atoms with E-state index < -0.39 is 6.03 Å². The minimum Gasteiger partial charge on any atom is -0.335 e. The monoisotopic (exact) mass is 392 g/mol. The van der Waals surface area contributed by atoms with Crippen molar-refractivity contribution < 1.29 is 14.4 Å². The molecular formula is C19H28N4O3S. The van der Waals surface area contributed by atoms with E-state index in [1.165, 1.54) is 17.8 Å². The number of hydrogen-bond acceptors (Lipinski definition) is 5. The molecule has 0 unspecified atom stereocenters. The second-order valence-corrected chi connectivity index (χ2v) is 8.38. The lowest BCUT2D eigenvalue weighted by molar-refractivity contribution is -0.121. The summed E-state index contributed by atoms with van der Waals surface area (Å²) in [4.78, 5) is 41.1. The molecule has 4 amide bonds. The lowest BCUT2D eigenvalue weighted by Crippen LogP contribution is -2.53. The maximum absolute atomic E-state index is 12.3. The maximum Gasteiger partial charge on any atom is 0.321 e. The van der Waals surface area contributed by atoms with Gasteiger partial charge in [-0.15, -0.1) is 11.3 Å². The molecule has 3 rings (SSSR count). The minimum atomic E-state index is -0.398. The van der Waals surface area contributed by atoms with Crippen LogP contribution in [0.15, 0.2) is 17.5 Å². The van der Waals surface area contributed by atoms with Crippen molar-refractivity contribution in [1.82, 2.24) is 20.4 Å². The van der Waals surface area contributed by atoms with Gasteiger partial charge in [-0.05, 0) is 30.2 Å². The number of nitrogens with one attached hydrogen (secondary N) is 2. The van der Waals surface area contributed by atoms with Gasteiger partial charge in [0, 0.05) is 32.2 Å². The van der Waals surface area contributed by atoms with Crippen LogP contribution in [0.3, 0.4) is 0 Å². The molecule has 148 valence electrons. The summed E-state index contributed by atoms with van der Waals surface area (Å²) >= 11 is 1.44. The first-order chi connectivity index (χ1) is 13.0. The zero-order valence-corrected chi connectivity index (χ0v) is 16.6. The van der Waals surface area contributed by atoms with Crippen LogP contribution in [0.4, 0.5) is 4.79 Å². The van der Waals surface area contributed by atoms with Gasteiger partial charge in [0.15, 0.2) is 0 Å². The summed E-state index contributed by atoms with van der Waals surface area (Å²) in [7, 11) is 0. The number of urea groups is 1. The van der Waals surface area contributed by atoms with Crippen LogP contribution in [0.5, 0.6) is 0 Å². The van der Waals surface area contributed by atoms with Gasteiger partial charge in [0.05, 0.1) is 11.4 Å². The van der Waals surface area contributed by atoms with E-state index in [2.05, 4.69) is 17.6 Å². The van der Waals surface area contributed by atoms with E-state index in [4.69, 9.17) is 0 Å². The van der Waals surface area contributed by atoms with E-state index in [0.717, 1.165) is 24.1 Å². The summed E-state index contributed by atoms with van der Waals surface area (Å²) in [5, 5.41) is 7.27. The SMILES string of the molecule is C[C@H]1CCCC[C@H]1NC(=O)NC(=O)CN1CCN(C(=O)c2cccs2)CC1. The fourth-order valence-electron chi connectivity index (χ4n) is 3.77. The van der Waals surface area contributed by atoms with Crippen molar-refractivity contribution >= 4 is 29.2 Å². The first-order valence-corrected chi connectivity index (χ1v) is 10.6. The number of thiophene rings is 1. The van der Waals surface area contributed by atoms with Gasteiger partial charge in [0.1, 0.15) is 0 Å². The fourth-order valence-corrected chi connectivity index (χ4v) is 4.46. The third-order valence-corrected chi connectivity index (χ3v) is 6.30. The van der Waals surface area contributed by atoms with Crippen molar-refractivity contribution in [3.63, 3.8) is 0 Å². The zero-order chi connectivity index (χ0) is 19.2. The Morgan fingerprint density at radius 1 is 1.15 bits per heavy atom. The molecule has 2 heterocycles. The predicted octanol–water partition coefficient (Wildman–Crippen LogP) is 1.91. The molecule has 1 aromatic heterocycles. The topological polar surface area (TPSA) is 81.8 Å². The van der Waals surface area contributed by atoms with E-state index in [1.807, 2.05) is 27.3 Å². The average molecular weight is 393 g/mol. The molecule has 1 saturated carbocycles. The molecule has 2 fully saturated rings. The molecule has 7 nitrogen and oxygen atoms in total. The summed E-state index contributed by atoms with van der Waals surface area (Å²) in [5.74, 6) is 0.206. The Balaban J connectivity index is 1.37. The number of carbonyl (C=O) groups is 3. The molecule has 8 heteroatoms. The van der Waals surface area contributed by atoms with Crippen molar-refractivity contribution in [2.45, 2.75) is 38.6 Å². The quantitative estimate of drug-likeness (QED) is 0.820. The first-order valence-electron chi connectivity index (χ1n) is 9.68. The van der Waals surface area contributed by atoms with Gasteiger partial charge in [-0.2, -0.15) is 0 Å². The predicted molar refractivity (Wildman–Crippen MR) is 105 cm³/mol. The summed E-state index contributed by atoms with van der Waals surface area (Å²) in [6, 6.07) is 3.46. The molecule has 2 N–H and O–H groups in total. The zero-order valence-electron chi connectivity index (χ0n) is 15.8. The highest BCUT2D eigenvalue weighted by molar-refractivity contribution is 7.12. The minimum absolute atomic E-state index is 0.0510. The van der Waals surface area contributed by atoms with Crippen LogP contribution in [0.1, 0.15) is 42.3 Å². The highest BCUT2D eigenvalue weighted by Gasteiger charge is 2.26. The molecule has 0 radical (unpaired) electrons. The molecule has 1 aromatic rings. The normalized spacial score (nSPS) is 23.7. The van der Waals surface area contributed by atoms with Crippen molar-refractivity contribution in [3.8, 4) is 0 Å². The van der Waals surface area contributed by atoms with Gasteiger partial charge >= 0.3 is 6.03 Å². The smallest absolute Gasteiger partial charge is 0.321 e. The van der Waals surface area contributed by atoms with Crippen LogP contribution in [0.25, 0.3) is 0 Å². The Morgan fingerprint density at radius 2 is 1.89 bits per heavy atom. The molecule has 0 bridgehead atoms. The Labute approximate surface area is 164 Å². The van der Waals surface area contributed by atoms with Crippen LogP contribution in [-0.2, 0) is 4.79 Å². The lowest BCUT2D eigenvalue weighted by atomic mass is 9.86. The number of hydrogen-bond donors (Lipinski definition) is 2. The summed E-state index contributed by atoms with van der Waals surface area (Å²) in [6.45, 7) is 4.76. The van der Waals surface area contributed by atoms with Crippen LogP contribution < -0.4 is 10.6 Å². The second kappa shape index (κ2) is 9.32. The highest BCUT2D eigenvalue weighted by Crippen LogP contribution is 2.23. The Morgan fingerprint density at radius 3 is 2.56 bits per heavy atom. The van der Waals surface area contributed by atoms with Gasteiger partial charge in [-0.25, -0.2) is 4.79 Å². The number of carbonyl (C=O) groups excluding carboxylic acids is 3. The summed E-state index contributed by atoms with van der Waals surface area (Å²) in [6.07, 6.45) is 4.43. The third kappa shape index (κ3) is 5.52. The third-order valence-electron chi connectivity index (χ3n) is 5.44. The Bertz CT molecular complexity index is 656. The van der Waals surface area contributed by atoms with Crippen LogP contribution in [0.2, 0.25) is 0 Å². The van der Waals surface area contributed by atoms with Crippen molar-refractivity contribution in [1.29, 1.82) is 0 Å². The average Bonchev–Trinajstić information content (AvgIpc) is 3.18. The number of nitrogens with zero attached hydrogens (tertiary/aromatic N) is 2. The van der Waals surface area contributed by atoms with Crippen LogP contribution >= 0.6 is 11.3 Å². The van der Waals surface area contributed by atoms with Crippen molar-refractivity contribution in [3.05, 3.63) is 22.4 Å². The summed E-state index contributed by atoms with van der Waals surface area (Å²) in [5.41, 5.74) is 0. The largest absolute Gasteiger partial charge is 0.335 e. The summed E-state index contributed by atoms with van der Waals surface area (Å²) < 4.78 is 0. The highest BCUT2D eigenvalue weighted by atomic mass is 32.1. The molecule has 1 saturated heterocycles. The van der Waals surface area contributed by atoms with Crippen LogP contribution in [0, 0.1) is 5.92 Å². The van der Waals surface area contributed by atoms with E-state index >= 15 is 0 Å². The molecule has 2 aliphatic rings. The van der Waals surface area contributed by atoms with Crippen LogP contribution in [-0.4, -0.2) is 66.4 Å². The fraction of sp³-hybridized carbons (Fsp3) is 0.632. The van der Waals surface area contributed by atoms with Crippen molar-refractivity contribution in [2.24, 2.45) is 5.92 Å². The number of rotatable bonds is 4. The van der Waals surface area contributed by atoms with E-state index in [0.29, 0.717) is 32.1 Å². The van der Waals surface area contributed by atoms with Gasteiger partial charge in [-0.3, -0.25) is 19.8 Å². The first kappa shape index (κ1) is 19.8. The molecule has 2 atom stereocenters. The molecular weight excluding hydrogens is 364 g/mol. The maximum atomic E-state index is 12.3. The Kier molecular flexibility index (Phi) is 6.84. The molecule has 0 spiro atoms. The van der Waals surface area contributed by atoms with Crippen molar-refractivity contribution in [2.75, 3.05) is 32.7 Å². The Hall–Kier alpha value is -1.93. The van der Waals surface area contributed by atoms with Gasteiger partial charge < -0.3 is 10.2 Å². The molecule has 1 aliphatic carbocycles. The van der Waals surface area contributed by atoms with Gasteiger partial charge in [0.25, 0.3) is 5.91 Å². The van der Waals surface area contributed by atoms with Gasteiger partial charge in [0.2, 0.25) is 5.91 Å². The van der Waals surface area contributed by atoms with E-state index in [-0.39, 0.29) is 24.4 Å². The lowest BCUT2D eigenvalue weighted by Gasteiger charge is -2.34. The molecule has 0 aromatic carbocycles. The number of amides is 4. The number of piperazine rings is 1. The van der Waals surface area contributed by atoms with E-state index in [1.54, 1.807) is 0 Å². The van der Waals surface area contributed by atoms with Gasteiger partial charge in [-0.1, -0.05) is 25.8 Å². The number of imide groups is 1.